The number of hydrogen-bond acceptors (Lipinski definition) is 5. The van der Waals surface area contributed by atoms with Gasteiger partial charge in [-0.1, -0.05) is 6.92 Å². The fourth-order valence-corrected chi connectivity index (χ4v) is 1.88. The zero-order valence-electron chi connectivity index (χ0n) is 10.9. The summed E-state index contributed by atoms with van der Waals surface area (Å²) in [5, 5.41) is 12.1. The minimum Gasteiger partial charge on any atom is -0.379 e. The van der Waals surface area contributed by atoms with Crippen LogP contribution in [-0.2, 0) is 16.8 Å². The molecule has 0 atom stereocenters. The summed E-state index contributed by atoms with van der Waals surface area (Å²) in [7, 11) is 0. The zero-order valence-corrected chi connectivity index (χ0v) is 10.9. The van der Waals surface area contributed by atoms with Crippen LogP contribution < -0.4 is 0 Å². The third kappa shape index (κ3) is 2.81. The number of nitrogens with zero attached hydrogens (tertiary/aromatic N) is 5. The van der Waals surface area contributed by atoms with Crippen LogP contribution in [0.15, 0.2) is 0 Å². The van der Waals surface area contributed by atoms with Gasteiger partial charge in [-0.2, -0.15) is 0 Å². The number of aromatic nitrogens is 4. The first-order valence-corrected chi connectivity index (χ1v) is 6.21. The van der Waals surface area contributed by atoms with Crippen molar-refractivity contribution in [3.63, 3.8) is 0 Å². The fraction of sp³-hybridized carbons (Fsp3) is 0.909. The number of tetrazole rings is 1. The maximum absolute atomic E-state index is 5.34. The molecule has 0 amide bonds. The number of hydrogen-bond donors (Lipinski definition) is 0. The van der Waals surface area contributed by atoms with Crippen molar-refractivity contribution in [3.8, 4) is 0 Å². The van der Waals surface area contributed by atoms with Crippen molar-refractivity contribution in [2.45, 2.75) is 39.3 Å². The predicted molar refractivity (Wildman–Crippen MR) is 63.5 cm³/mol. The molecule has 1 aromatic rings. The Balaban J connectivity index is 2.08. The molecule has 1 fully saturated rings. The van der Waals surface area contributed by atoms with Gasteiger partial charge in [-0.15, -0.1) is 5.10 Å². The summed E-state index contributed by atoms with van der Waals surface area (Å²) in [6.07, 6.45) is 1.01. The lowest BCUT2D eigenvalue weighted by molar-refractivity contribution is 0.0317. The maximum atomic E-state index is 5.34. The molecule has 1 aliphatic heterocycles. The quantitative estimate of drug-likeness (QED) is 0.772. The average Bonchev–Trinajstić information content (AvgIpc) is 2.79. The summed E-state index contributed by atoms with van der Waals surface area (Å²) in [5.74, 6) is 0.943. The summed E-state index contributed by atoms with van der Waals surface area (Å²) in [4.78, 5) is 2.33. The van der Waals surface area contributed by atoms with Gasteiger partial charge in [-0.25, -0.2) is 4.68 Å². The second-order valence-electron chi connectivity index (χ2n) is 5.06. The first-order chi connectivity index (χ1) is 8.13. The molecule has 0 spiro atoms. The highest BCUT2D eigenvalue weighted by Gasteiger charge is 2.24. The number of rotatable bonds is 4. The van der Waals surface area contributed by atoms with Gasteiger partial charge in [0.25, 0.3) is 0 Å². The van der Waals surface area contributed by atoms with Crippen LogP contribution in [0.1, 0.15) is 33.0 Å². The molecule has 1 aromatic heterocycles. The second kappa shape index (κ2) is 5.10. The Labute approximate surface area is 102 Å². The van der Waals surface area contributed by atoms with Gasteiger partial charge in [0.15, 0.2) is 5.82 Å². The van der Waals surface area contributed by atoms with Crippen molar-refractivity contribution in [1.29, 1.82) is 0 Å². The largest absolute Gasteiger partial charge is 0.379 e. The fourth-order valence-electron chi connectivity index (χ4n) is 1.88. The van der Waals surface area contributed by atoms with Crippen molar-refractivity contribution in [1.82, 2.24) is 25.1 Å². The highest BCUT2D eigenvalue weighted by atomic mass is 16.5. The Kier molecular flexibility index (Phi) is 3.73. The smallest absolute Gasteiger partial charge is 0.165 e. The molecule has 0 radical (unpaired) electrons. The van der Waals surface area contributed by atoms with Crippen LogP contribution in [0.4, 0.5) is 0 Å². The zero-order chi connectivity index (χ0) is 12.3. The first kappa shape index (κ1) is 12.4. The molecule has 0 unspecified atom stereocenters. The first-order valence-electron chi connectivity index (χ1n) is 6.21. The van der Waals surface area contributed by atoms with E-state index in [4.69, 9.17) is 4.74 Å². The molecule has 0 N–H and O–H groups in total. The van der Waals surface area contributed by atoms with Gasteiger partial charge in [0.2, 0.25) is 0 Å². The molecule has 2 rings (SSSR count). The Morgan fingerprint density at radius 2 is 2.00 bits per heavy atom. The number of ether oxygens (including phenoxy) is 1. The summed E-state index contributed by atoms with van der Waals surface area (Å²) >= 11 is 0. The summed E-state index contributed by atoms with van der Waals surface area (Å²) in [6, 6.07) is 0. The minimum atomic E-state index is -0.0227. The molecule has 2 heterocycles. The van der Waals surface area contributed by atoms with Crippen molar-refractivity contribution in [2.75, 3.05) is 26.3 Å². The van der Waals surface area contributed by atoms with E-state index in [2.05, 4.69) is 41.2 Å². The van der Waals surface area contributed by atoms with Crippen LogP contribution >= 0.6 is 0 Å². The van der Waals surface area contributed by atoms with Crippen molar-refractivity contribution in [2.24, 2.45) is 0 Å². The van der Waals surface area contributed by atoms with Crippen LogP contribution in [-0.4, -0.2) is 51.4 Å². The average molecular weight is 239 g/mol. The molecule has 0 aromatic carbocycles. The Morgan fingerprint density at radius 1 is 1.29 bits per heavy atom. The van der Waals surface area contributed by atoms with E-state index in [1.165, 1.54) is 0 Å². The van der Waals surface area contributed by atoms with Crippen molar-refractivity contribution in [3.05, 3.63) is 5.82 Å². The molecular weight excluding hydrogens is 218 g/mol. The van der Waals surface area contributed by atoms with Crippen LogP contribution in [0, 0.1) is 0 Å². The third-order valence-electron chi connectivity index (χ3n) is 3.44. The molecule has 0 bridgehead atoms. The van der Waals surface area contributed by atoms with Gasteiger partial charge in [-0.3, -0.25) is 4.90 Å². The topological polar surface area (TPSA) is 56.1 Å². The minimum absolute atomic E-state index is 0.0227. The lowest BCUT2D eigenvalue weighted by Crippen LogP contribution is -2.38. The lowest BCUT2D eigenvalue weighted by Gasteiger charge is -2.28. The van der Waals surface area contributed by atoms with Crippen LogP contribution in [0.3, 0.4) is 0 Å². The van der Waals surface area contributed by atoms with Gasteiger partial charge in [0.1, 0.15) is 0 Å². The molecule has 96 valence electrons. The normalized spacial score (nSPS) is 18.5. The van der Waals surface area contributed by atoms with Gasteiger partial charge in [0, 0.05) is 13.1 Å². The monoisotopic (exact) mass is 239 g/mol. The Hall–Kier alpha value is -1.01. The van der Waals surface area contributed by atoms with E-state index in [0.717, 1.165) is 45.1 Å². The molecule has 6 nitrogen and oxygen atoms in total. The van der Waals surface area contributed by atoms with E-state index in [1.807, 2.05) is 4.68 Å². The van der Waals surface area contributed by atoms with E-state index in [9.17, 15) is 0 Å². The maximum Gasteiger partial charge on any atom is 0.165 e. The highest BCUT2D eigenvalue weighted by Crippen LogP contribution is 2.19. The summed E-state index contributed by atoms with van der Waals surface area (Å²) in [5.41, 5.74) is -0.0227. The molecule has 1 aliphatic rings. The molecular formula is C11H21N5O. The second-order valence-corrected chi connectivity index (χ2v) is 5.06. The van der Waals surface area contributed by atoms with Gasteiger partial charge >= 0.3 is 0 Å². The van der Waals surface area contributed by atoms with E-state index in [-0.39, 0.29) is 5.54 Å². The standard InChI is InChI=1S/C11H21N5O/c1-4-11(2,3)16-10(12-13-14-16)9-15-5-7-17-8-6-15/h4-9H2,1-3H3. The van der Waals surface area contributed by atoms with Gasteiger partial charge in [0.05, 0.1) is 25.3 Å². The van der Waals surface area contributed by atoms with E-state index in [0.29, 0.717) is 0 Å². The Bertz CT molecular complexity index is 356. The summed E-state index contributed by atoms with van der Waals surface area (Å²) in [6.45, 7) is 10.8. The SMILES string of the molecule is CCC(C)(C)n1nnnc1CN1CCOCC1. The molecule has 17 heavy (non-hydrogen) atoms. The van der Waals surface area contributed by atoms with Crippen molar-refractivity contribution < 1.29 is 4.74 Å². The molecule has 1 saturated heterocycles. The lowest BCUT2D eigenvalue weighted by atomic mass is 10.0. The van der Waals surface area contributed by atoms with Crippen LogP contribution in [0.2, 0.25) is 0 Å². The highest BCUT2D eigenvalue weighted by molar-refractivity contribution is 4.88. The predicted octanol–water partition coefficient (Wildman–Crippen LogP) is 0.650. The van der Waals surface area contributed by atoms with Gasteiger partial charge < -0.3 is 4.74 Å². The van der Waals surface area contributed by atoms with Crippen LogP contribution in [0.25, 0.3) is 0 Å². The Morgan fingerprint density at radius 3 is 2.65 bits per heavy atom. The van der Waals surface area contributed by atoms with Gasteiger partial charge in [-0.05, 0) is 30.7 Å². The number of morpholine rings is 1. The summed E-state index contributed by atoms with van der Waals surface area (Å²) < 4.78 is 7.28. The van der Waals surface area contributed by atoms with Crippen molar-refractivity contribution >= 4 is 0 Å². The third-order valence-corrected chi connectivity index (χ3v) is 3.44. The van der Waals surface area contributed by atoms with Crippen LogP contribution in [0.5, 0.6) is 0 Å². The van der Waals surface area contributed by atoms with E-state index >= 15 is 0 Å². The van der Waals surface area contributed by atoms with E-state index < -0.39 is 0 Å². The molecule has 0 saturated carbocycles. The molecule has 0 aliphatic carbocycles. The van der Waals surface area contributed by atoms with E-state index in [1.54, 1.807) is 0 Å². The molecule has 6 heteroatoms.